The van der Waals surface area contributed by atoms with E-state index in [9.17, 15) is 0 Å². The van der Waals surface area contributed by atoms with Gasteiger partial charge in [-0.3, -0.25) is 4.90 Å². The molecular formula is C8H13NO. The van der Waals surface area contributed by atoms with Crippen LogP contribution in [0.25, 0.3) is 0 Å². The highest BCUT2D eigenvalue weighted by atomic mass is 16.3. The number of hydrogen-bond donors (Lipinski definition) is 1. The summed E-state index contributed by atoms with van der Waals surface area (Å²) in [5.74, 6) is 0. The van der Waals surface area contributed by atoms with E-state index in [2.05, 4.69) is 11.0 Å². The highest BCUT2D eigenvalue weighted by molar-refractivity contribution is 5.20. The molecule has 0 amide bonds. The SMILES string of the molecule is OCC1=CCN2CCC[C@H]12. The predicted molar refractivity (Wildman–Crippen MR) is 39.8 cm³/mol. The lowest BCUT2D eigenvalue weighted by molar-refractivity contribution is 0.287. The first kappa shape index (κ1) is 6.38. The lowest BCUT2D eigenvalue weighted by atomic mass is 10.1. The molecule has 0 unspecified atom stereocenters. The van der Waals surface area contributed by atoms with Gasteiger partial charge in [-0.05, 0) is 25.0 Å². The minimum atomic E-state index is 0.265. The largest absolute Gasteiger partial charge is 0.392 e. The summed E-state index contributed by atoms with van der Waals surface area (Å²) < 4.78 is 0. The average Bonchev–Trinajstić information content (AvgIpc) is 2.44. The number of hydrogen-bond acceptors (Lipinski definition) is 2. The molecule has 1 N–H and O–H groups in total. The van der Waals surface area contributed by atoms with E-state index < -0.39 is 0 Å². The molecule has 2 aliphatic rings. The van der Waals surface area contributed by atoms with Gasteiger partial charge in [-0.25, -0.2) is 0 Å². The predicted octanol–water partition coefficient (Wildman–Crippen LogP) is 0.383. The summed E-state index contributed by atoms with van der Waals surface area (Å²) in [6.07, 6.45) is 4.73. The van der Waals surface area contributed by atoms with Gasteiger partial charge in [0.1, 0.15) is 0 Å². The summed E-state index contributed by atoms with van der Waals surface area (Å²) in [4.78, 5) is 2.44. The van der Waals surface area contributed by atoms with Gasteiger partial charge in [0.15, 0.2) is 0 Å². The quantitative estimate of drug-likeness (QED) is 0.531. The molecule has 0 aromatic heterocycles. The van der Waals surface area contributed by atoms with Crippen molar-refractivity contribution in [1.82, 2.24) is 4.90 Å². The molecule has 2 heteroatoms. The first-order valence-electron chi connectivity index (χ1n) is 3.95. The minimum absolute atomic E-state index is 0.265. The smallest absolute Gasteiger partial charge is 0.0657 e. The standard InChI is InChI=1S/C8H13NO/c10-6-7-3-5-9-4-1-2-8(7)9/h3,8,10H,1-2,4-6H2/t8-/m1/s1. The van der Waals surface area contributed by atoms with Crippen LogP contribution in [-0.4, -0.2) is 35.7 Å². The van der Waals surface area contributed by atoms with E-state index in [0.717, 1.165) is 6.54 Å². The van der Waals surface area contributed by atoms with Gasteiger partial charge in [0.2, 0.25) is 0 Å². The third kappa shape index (κ3) is 0.796. The minimum Gasteiger partial charge on any atom is -0.392 e. The summed E-state index contributed by atoms with van der Waals surface area (Å²) in [5.41, 5.74) is 1.25. The number of nitrogens with zero attached hydrogens (tertiary/aromatic N) is 1. The summed E-state index contributed by atoms with van der Waals surface area (Å²) in [6, 6.07) is 0.602. The Bertz CT molecular complexity index is 165. The average molecular weight is 139 g/mol. The van der Waals surface area contributed by atoms with Crippen molar-refractivity contribution >= 4 is 0 Å². The van der Waals surface area contributed by atoms with Crippen LogP contribution in [0.5, 0.6) is 0 Å². The van der Waals surface area contributed by atoms with Crippen LogP contribution in [-0.2, 0) is 0 Å². The molecule has 2 rings (SSSR count). The van der Waals surface area contributed by atoms with Crippen molar-refractivity contribution in [2.45, 2.75) is 18.9 Å². The Morgan fingerprint density at radius 1 is 1.70 bits per heavy atom. The molecular weight excluding hydrogens is 126 g/mol. The van der Waals surface area contributed by atoms with E-state index in [0.29, 0.717) is 6.04 Å². The fourth-order valence-corrected chi connectivity index (χ4v) is 2.01. The van der Waals surface area contributed by atoms with E-state index in [-0.39, 0.29) is 6.61 Å². The lowest BCUT2D eigenvalue weighted by Gasteiger charge is -2.16. The van der Waals surface area contributed by atoms with Crippen LogP contribution >= 0.6 is 0 Å². The Kier molecular flexibility index (Phi) is 1.51. The number of aliphatic hydroxyl groups is 1. The molecule has 2 heterocycles. The van der Waals surface area contributed by atoms with Crippen molar-refractivity contribution in [2.24, 2.45) is 0 Å². The van der Waals surface area contributed by atoms with E-state index in [1.165, 1.54) is 25.0 Å². The van der Waals surface area contributed by atoms with Crippen molar-refractivity contribution in [2.75, 3.05) is 19.7 Å². The van der Waals surface area contributed by atoms with Gasteiger partial charge >= 0.3 is 0 Å². The Morgan fingerprint density at radius 3 is 3.40 bits per heavy atom. The Balaban J connectivity index is 2.10. The van der Waals surface area contributed by atoms with Gasteiger partial charge in [-0.1, -0.05) is 6.08 Å². The first-order valence-corrected chi connectivity index (χ1v) is 3.95. The highest BCUT2D eigenvalue weighted by Gasteiger charge is 2.30. The fourth-order valence-electron chi connectivity index (χ4n) is 2.01. The fraction of sp³-hybridized carbons (Fsp3) is 0.750. The van der Waals surface area contributed by atoms with Crippen LogP contribution in [0.4, 0.5) is 0 Å². The molecule has 0 aromatic carbocycles. The molecule has 0 radical (unpaired) electrons. The number of aliphatic hydroxyl groups excluding tert-OH is 1. The molecule has 1 atom stereocenters. The lowest BCUT2D eigenvalue weighted by Crippen LogP contribution is -2.25. The molecule has 0 spiro atoms. The van der Waals surface area contributed by atoms with Crippen molar-refractivity contribution in [3.63, 3.8) is 0 Å². The Morgan fingerprint density at radius 2 is 2.60 bits per heavy atom. The molecule has 10 heavy (non-hydrogen) atoms. The molecule has 2 nitrogen and oxygen atoms in total. The molecule has 2 aliphatic heterocycles. The van der Waals surface area contributed by atoms with Gasteiger partial charge in [-0.2, -0.15) is 0 Å². The third-order valence-electron chi connectivity index (χ3n) is 2.56. The van der Waals surface area contributed by atoms with Crippen LogP contribution < -0.4 is 0 Å². The number of fused-ring (bicyclic) bond motifs is 1. The second kappa shape index (κ2) is 2.36. The van der Waals surface area contributed by atoms with E-state index in [1.807, 2.05) is 0 Å². The first-order chi connectivity index (χ1) is 4.92. The maximum atomic E-state index is 8.92. The van der Waals surface area contributed by atoms with Gasteiger partial charge in [0, 0.05) is 12.6 Å². The summed E-state index contributed by atoms with van der Waals surface area (Å²) in [5, 5.41) is 8.92. The molecule has 1 fully saturated rings. The second-order valence-electron chi connectivity index (χ2n) is 3.09. The van der Waals surface area contributed by atoms with Crippen LogP contribution in [0.3, 0.4) is 0 Å². The normalized spacial score (nSPS) is 32.5. The summed E-state index contributed by atoms with van der Waals surface area (Å²) in [6.45, 7) is 2.56. The van der Waals surface area contributed by atoms with Crippen LogP contribution in [0.1, 0.15) is 12.8 Å². The number of rotatable bonds is 1. The zero-order valence-corrected chi connectivity index (χ0v) is 6.08. The molecule has 56 valence electrons. The maximum Gasteiger partial charge on any atom is 0.0657 e. The van der Waals surface area contributed by atoms with Crippen LogP contribution in [0.2, 0.25) is 0 Å². The summed E-state index contributed by atoms with van der Waals surface area (Å²) >= 11 is 0. The Labute approximate surface area is 61.1 Å². The monoisotopic (exact) mass is 139 g/mol. The Hall–Kier alpha value is -0.340. The molecule has 0 aliphatic carbocycles. The van der Waals surface area contributed by atoms with E-state index in [4.69, 9.17) is 5.11 Å². The topological polar surface area (TPSA) is 23.5 Å². The highest BCUT2D eigenvalue weighted by Crippen LogP contribution is 2.27. The second-order valence-corrected chi connectivity index (χ2v) is 3.09. The zero-order chi connectivity index (χ0) is 6.97. The van der Waals surface area contributed by atoms with Gasteiger partial charge in [0.05, 0.1) is 6.61 Å². The maximum absolute atomic E-state index is 8.92. The van der Waals surface area contributed by atoms with Crippen LogP contribution in [0.15, 0.2) is 11.6 Å². The third-order valence-corrected chi connectivity index (χ3v) is 2.56. The van der Waals surface area contributed by atoms with Crippen molar-refractivity contribution in [3.05, 3.63) is 11.6 Å². The molecule has 0 aromatic rings. The van der Waals surface area contributed by atoms with Gasteiger partial charge < -0.3 is 5.11 Å². The summed E-state index contributed by atoms with van der Waals surface area (Å²) in [7, 11) is 0. The van der Waals surface area contributed by atoms with E-state index >= 15 is 0 Å². The zero-order valence-electron chi connectivity index (χ0n) is 6.08. The molecule has 0 bridgehead atoms. The molecule has 1 saturated heterocycles. The molecule has 0 saturated carbocycles. The van der Waals surface area contributed by atoms with Crippen LogP contribution in [0, 0.1) is 0 Å². The van der Waals surface area contributed by atoms with Gasteiger partial charge in [0.25, 0.3) is 0 Å². The van der Waals surface area contributed by atoms with E-state index in [1.54, 1.807) is 0 Å². The van der Waals surface area contributed by atoms with Gasteiger partial charge in [-0.15, -0.1) is 0 Å². The van der Waals surface area contributed by atoms with Crippen molar-refractivity contribution < 1.29 is 5.11 Å². The van der Waals surface area contributed by atoms with Crippen molar-refractivity contribution in [1.29, 1.82) is 0 Å². The van der Waals surface area contributed by atoms with Crippen molar-refractivity contribution in [3.8, 4) is 0 Å².